The molecule has 0 bridgehead atoms. The van der Waals surface area contributed by atoms with Gasteiger partial charge in [-0.15, -0.1) is 0 Å². The van der Waals surface area contributed by atoms with Gasteiger partial charge in [0.1, 0.15) is 0 Å². The molecule has 3 rings (SSSR count). The van der Waals surface area contributed by atoms with Gasteiger partial charge in [-0.3, -0.25) is 4.79 Å². The molecule has 0 unspecified atom stereocenters. The van der Waals surface area contributed by atoms with Crippen molar-refractivity contribution in [2.75, 3.05) is 0 Å². The monoisotopic (exact) mass is 174 g/mol. The highest BCUT2D eigenvalue weighted by Crippen LogP contribution is 2.63. The fraction of sp³-hybridized carbons (Fsp3) is 0.583. The van der Waals surface area contributed by atoms with Gasteiger partial charge in [-0.1, -0.05) is 31.1 Å². The molecule has 1 nitrogen and oxygen atoms in total. The summed E-state index contributed by atoms with van der Waals surface area (Å²) in [6.45, 7) is 0. The van der Waals surface area contributed by atoms with E-state index in [9.17, 15) is 4.79 Å². The highest BCUT2D eigenvalue weighted by Gasteiger charge is 2.59. The van der Waals surface area contributed by atoms with E-state index in [2.05, 4.69) is 18.2 Å². The average molecular weight is 174 g/mol. The molecule has 13 heavy (non-hydrogen) atoms. The summed E-state index contributed by atoms with van der Waals surface area (Å²) in [7, 11) is 0. The van der Waals surface area contributed by atoms with Crippen LogP contribution in [0.5, 0.6) is 0 Å². The Hall–Kier alpha value is -0.850. The minimum atomic E-state index is -0.0556. The van der Waals surface area contributed by atoms with Gasteiger partial charge in [-0.2, -0.15) is 0 Å². The second-order valence-corrected chi connectivity index (χ2v) is 4.64. The first-order valence-corrected chi connectivity index (χ1v) is 5.21. The van der Waals surface area contributed by atoms with Crippen molar-refractivity contribution in [2.45, 2.75) is 32.1 Å². The van der Waals surface area contributed by atoms with Crippen LogP contribution in [0.4, 0.5) is 0 Å². The number of rotatable bonds is 0. The Morgan fingerprint density at radius 1 is 1.15 bits per heavy atom. The quantitative estimate of drug-likeness (QED) is 0.516. The highest BCUT2D eigenvalue weighted by molar-refractivity contribution is 5.99. The molecule has 0 radical (unpaired) electrons. The Kier molecular flexibility index (Phi) is 1.24. The second-order valence-electron chi connectivity index (χ2n) is 4.64. The third kappa shape index (κ3) is 0.676. The van der Waals surface area contributed by atoms with Crippen LogP contribution < -0.4 is 0 Å². The van der Waals surface area contributed by atoms with Gasteiger partial charge < -0.3 is 0 Å². The van der Waals surface area contributed by atoms with Crippen molar-refractivity contribution in [1.29, 1.82) is 0 Å². The molecule has 0 aliphatic heterocycles. The molecule has 0 aromatic heterocycles. The van der Waals surface area contributed by atoms with E-state index in [-0.39, 0.29) is 10.8 Å². The van der Waals surface area contributed by atoms with E-state index in [0.717, 1.165) is 12.8 Å². The number of hydrogen-bond donors (Lipinski definition) is 0. The summed E-state index contributed by atoms with van der Waals surface area (Å²) < 4.78 is 0. The Labute approximate surface area is 78.5 Å². The van der Waals surface area contributed by atoms with Gasteiger partial charge in [0, 0.05) is 5.41 Å². The molecular formula is C12H14O. The molecule has 0 saturated heterocycles. The lowest BCUT2D eigenvalue weighted by molar-refractivity contribution is -0.132. The van der Waals surface area contributed by atoms with Gasteiger partial charge in [0.05, 0.1) is 5.41 Å². The molecule has 0 N–H and O–H groups in total. The van der Waals surface area contributed by atoms with E-state index < -0.39 is 0 Å². The van der Waals surface area contributed by atoms with Crippen molar-refractivity contribution in [3.05, 3.63) is 24.3 Å². The molecule has 3 aliphatic carbocycles. The number of carbonyl (C=O) groups excluding carboxylic acids is 1. The number of ketones is 1. The largest absolute Gasteiger partial charge is 0.294 e. The summed E-state index contributed by atoms with van der Waals surface area (Å²) in [6, 6.07) is 0. The molecule has 1 fully saturated rings. The SMILES string of the molecule is O=C1C=CC[C@]23C=C[C@]12CCCC3. The highest BCUT2D eigenvalue weighted by atomic mass is 16.1. The Bertz CT molecular complexity index is 326. The Balaban J connectivity index is 2.12. The van der Waals surface area contributed by atoms with Crippen LogP contribution >= 0.6 is 0 Å². The zero-order chi connectivity index (χ0) is 8.94. The minimum Gasteiger partial charge on any atom is -0.294 e. The van der Waals surface area contributed by atoms with Crippen LogP contribution in [0.1, 0.15) is 32.1 Å². The van der Waals surface area contributed by atoms with Gasteiger partial charge in [0.15, 0.2) is 5.78 Å². The molecule has 0 aromatic carbocycles. The zero-order valence-corrected chi connectivity index (χ0v) is 7.75. The number of allylic oxidation sites excluding steroid dienone is 4. The van der Waals surface area contributed by atoms with E-state index in [0.29, 0.717) is 5.78 Å². The summed E-state index contributed by atoms with van der Waals surface area (Å²) in [5, 5.41) is 0. The predicted octanol–water partition coefficient (Wildman–Crippen LogP) is 2.63. The van der Waals surface area contributed by atoms with Crippen molar-refractivity contribution < 1.29 is 4.79 Å². The first-order valence-electron chi connectivity index (χ1n) is 5.21. The summed E-state index contributed by atoms with van der Waals surface area (Å²) in [5.74, 6) is 0.362. The van der Waals surface area contributed by atoms with Gasteiger partial charge >= 0.3 is 0 Å². The van der Waals surface area contributed by atoms with Crippen LogP contribution in [0.3, 0.4) is 0 Å². The predicted molar refractivity (Wildman–Crippen MR) is 51.2 cm³/mol. The lowest BCUT2D eigenvalue weighted by Crippen LogP contribution is -2.54. The fourth-order valence-corrected chi connectivity index (χ4v) is 3.33. The summed E-state index contributed by atoms with van der Waals surface area (Å²) in [5.41, 5.74) is 0.192. The molecule has 3 aliphatic rings. The Morgan fingerprint density at radius 3 is 2.69 bits per heavy atom. The van der Waals surface area contributed by atoms with Gasteiger partial charge in [-0.05, 0) is 25.3 Å². The zero-order valence-electron chi connectivity index (χ0n) is 7.75. The molecule has 0 heterocycles. The van der Waals surface area contributed by atoms with Crippen LogP contribution in [-0.4, -0.2) is 5.78 Å². The first-order chi connectivity index (χ1) is 6.29. The molecule has 0 spiro atoms. The average Bonchev–Trinajstić information content (AvgIpc) is 2.11. The van der Waals surface area contributed by atoms with Crippen LogP contribution in [0.25, 0.3) is 0 Å². The van der Waals surface area contributed by atoms with E-state index in [1.807, 2.05) is 0 Å². The van der Waals surface area contributed by atoms with Crippen LogP contribution in [0, 0.1) is 10.8 Å². The van der Waals surface area contributed by atoms with Crippen LogP contribution in [0.2, 0.25) is 0 Å². The van der Waals surface area contributed by atoms with E-state index in [4.69, 9.17) is 0 Å². The van der Waals surface area contributed by atoms with Crippen molar-refractivity contribution in [3.63, 3.8) is 0 Å². The minimum absolute atomic E-state index is 0.0556. The van der Waals surface area contributed by atoms with E-state index >= 15 is 0 Å². The molecule has 2 atom stereocenters. The lowest BCUT2D eigenvalue weighted by Gasteiger charge is -2.57. The van der Waals surface area contributed by atoms with E-state index in [1.165, 1.54) is 19.3 Å². The van der Waals surface area contributed by atoms with E-state index in [1.54, 1.807) is 6.08 Å². The standard InChI is InChI=1S/C12H14O/c13-10-4-3-6-11-5-1-2-7-12(10,11)9-8-11/h3-4,8-9H,1-2,5-7H2/t11-,12-/m1/s1. The maximum absolute atomic E-state index is 11.9. The molecule has 1 saturated carbocycles. The van der Waals surface area contributed by atoms with Crippen molar-refractivity contribution in [1.82, 2.24) is 0 Å². The number of carbonyl (C=O) groups is 1. The molecular weight excluding hydrogens is 160 g/mol. The first kappa shape index (κ1) is 7.54. The van der Waals surface area contributed by atoms with Crippen molar-refractivity contribution in [3.8, 4) is 0 Å². The molecule has 68 valence electrons. The second kappa shape index (κ2) is 2.14. The maximum Gasteiger partial charge on any atom is 0.166 e. The summed E-state index contributed by atoms with van der Waals surface area (Å²) in [6.07, 6.45) is 14.2. The maximum atomic E-state index is 11.9. The third-order valence-corrected chi connectivity index (χ3v) is 4.21. The van der Waals surface area contributed by atoms with Gasteiger partial charge in [0.2, 0.25) is 0 Å². The summed E-state index contributed by atoms with van der Waals surface area (Å²) >= 11 is 0. The van der Waals surface area contributed by atoms with Crippen molar-refractivity contribution >= 4 is 5.78 Å². The van der Waals surface area contributed by atoms with Gasteiger partial charge in [0.25, 0.3) is 0 Å². The molecule has 0 aromatic rings. The smallest absolute Gasteiger partial charge is 0.166 e. The van der Waals surface area contributed by atoms with Gasteiger partial charge in [-0.25, -0.2) is 0 Å². The normalized spacial score (nSPS) is 46.6. The third-order valence-electron chi connectivity index (χ3n) is 4.21. The Morgan fingerprint density at radius 2 is 2.00 bits per heavy atom. The summed E-state index contributed by atoms with van der Waals surface area (Å²) in [4.78, 5) is 11.9. The number of hydrogen-bond acceptors (Lipinski definition) is 1. The molecule has 0 amide bonds. The van der Waals surface area contributed by atoms with Crippen LogP contribution in [0.15, 0.2) is 24.3 Å². The molecule has 1 heteroatoms. The fourth-order valence-electron chi connectivity index (χ4n) is 3.33. The van der Waals surface area contributed by atoms with Crippen molar-refractivity contribution in [2.24, 2.45) is 10.8 Å². The van der Waals surface area contributed by atoms with Crippen LogP contribution in [-0.2, 0) is 4.79 Å². The topological polar surface area (TPSA) is 17.1 Å². The lowest BCUT2D eigenvalue weighted by atomic mass is 9.45.